The molecule has 5 heteroatoms. The Morgan fingerprint density at radius 3 is 3.07 bits per heavy atom. The Balaban J connectivity index is 2.33. The minimum atomic E-state index is -0.0950. The topological polar surface area (TPSA) is 68.4 Å². The van der Waals surface area contributed by atoms with Crippen LogP contribution in [0.5, 0.6) is 5.75 Å². The number of nitrogens with two attached hydrogens (primary N) is 1. The van der Waals surface area contributed by atoms with E-state index in [9.17, 15) is 4.79 Å². The molecule has 1 aromatic rings. The number of aromatic nitrogens is 1. The summed E-state index contributed by atoms with van der Waals surface area (Å²) in [5, 5.41) is 0. The Labute approximate surface area is 87.8 Å². The Kier molecular flexibility index (Phi) is 2.55. The number of amides is 1. The fourth-order valence-electron chi connectivity index (χ4n) is 1.72. The first-order valence-corrected chi connectivity index (χ1v) is 4.76. The van der Waals surface area contributed by atoms with E-state index in [0.717, 1.165) is 0 Å². The van der Waals surface area contributed by atoms with Crippen LogP contribution in [0.25, 0.3) is 0 Å². The molecule has 5 nitrogen and oxygen atoms in total. The third-order valence-electron chi connectivity index (χ3n) is 2.43. The highest BCUT2D eigenvalue weighted by Crippen LogP contribution is 2.29. The molecule has 0 radical (unpaired) electrons. The van der Waals surface area contributed by atoms with Crippen molar-refractivity contribution in [3.8, 4) is 5.75 Å². The van der Waals surface area contributed by atoms with Crippen molar-refractivity contribution in [2.75, 3.05) is 18.6 Å². The first-order chi connectivity index (χ1) is 7.22. The van der Waals surface area contributed by atoms with E-state index in [4.69, 9.17) is 10.5 Å². The molecule has 1 saturated heterocycles. The minimum Gasteiger partial charge on any atom is -0.494 e. The number of hydrogen-bond donors (Lipinski definition) is 1. The Hall–Kier alpha value is -1.62. The lowest BCUT2D eigenvalue weighted by molar-refractivity contribution is -0.117. The molecule has 2 N–H and O–H groups in total. The Morgan fingerprint density at radius 1 is 1.67 bits per heavy atom. The number of ether oxygens (including phenoxy) is 1. The van der Waals surface area contributed by atoms with E-state index in [2.05, 4.69) is 4.98 Å². The molecule has 1 aliphatic heterocycles. The summed E-state index contributed by atoms with van der Waals surface area (Å²) in [5.41, 5.74) is 6.41. The monoisotopic (exact) mass is 207 g/mol. The zero-order valence-corrected chi connectivity index (χ0v) is 8.51. The van der Waals surface area contributed by atoms with Crippen LogP contribution in [0.1, 0.15) is 6.42 Å². The molecule has 1 fully saturated rings. The van der Waals surface area contributed by atoms with Gasteiger partial charge in [0.2, 0.25) is 5.91 Å². The molecule has 1 amide bonds. The van der Waals surface area contributed by atoms with Crippen molar-refractivity contribution in [2.24, 2.45) is 5.73 Å². The van der Waals surface area contributed by atoms with Gasteiger partial charge in [0.05, 0.1) is 13.3 Å². The van der Waals surface area contributed by atoms with Gasteiger partial charge in [0.15, 0.2) is 0 Å². The summed E-state index contributed by atoms with van der Waals surface area (Å²) in [5.74, 6) is 0.668. The lowest BCUT2D eigenvalue weighted by Gasteiger charge is -2.18. The number of methoxy groups -OCH3 is 1. The lowest BCUT2D eigenvalue weighted by Crippen LogP contribution is -2.28. The third-order valence-corrected chi connectivity index (χ3v) is 2.43. The van der Waals surface area contributed by atoms with Crippen molar-refractivity contribution in [3.63, 3.8) is 0 Å². The Morgan fingerprint density at radius 2 is 2.47 bits per heavy atom. The minimum absolute atomic E-state index is 0.0220. The van der Waals surface area contributed by atoms with Crippen molar-refractivity contribution < 1.29 is 9.53 Å². The normalized spacial score (nSPS) is 20.8. The van der Waals surface area contributed by atoms with Crippen LogP contribution in [0.2, 0.25) is 0 Å². The number of rotatable bonds is 2. The molecule has 15 heavy (non-hydrogen) atoms. The van der Waals surface area contributed by atoms with Gasteiger partial charge in [-0.3, -0.25) is 9.78 Å². The van der Waals surface area contributed by atoms with Gasteiger partial charge in [-0.1, -0.05) is 0 Å². The molecule has 1 aromatic heterocycles. The van der Waals surface area contributed by atoms with Crippen molar-refractivity contribution >= 4 is 11.6 Å². The van der Waals surface area contributed by atoms with E-state index in [1.54, 1.807) is 30.5 Å². The van der Waals surface area contributed by atoms with Crippen molar-refractivity contribution in [1.82, 2.24) is 4.98 Å². The first-order valence-electron chi connectivity index (χ1n) is 4.76. The van der Waals surface area contributed by atoms with Crippen LogP contribution in [-0.2, 0) is 4.79 Å². The molecule has 2 heterocycles. The van der Waals surface area contributed by atoms with Gasteiger partial charge >= 0.3 is 0 Å². The van der Waals surface area contributed by atoms with Crippen LogP contribution in [0.4, 0.5) is 5.69 Å². The molecule has 0 aliphatic carbocycles. The molecule has 1 aliphatic rings. The molecule has 0 bridgehead atoms. The highest BCUT2D eigenvalue weighted by Gasteiger charge is 2.29. The van der Waals surface area contributed by atoms with Crippen LogP contribution in [-0.4, -0.2) is 30.6 Å². The SMILES string of the molecule is COc1ccncc1N1CC(N)CC1=O. The molecule has 80 valence electrons. The number of carbonyl (C=O) groups is 1. The highest BCUT2D eigenvalue weighted by atomic mass is 16.5. The summed E-state index contributed by atoms with van der Waals surface area (Å²) in [6.07, 6.45) is 3.63. The second kappa shape index (κ2) is 3.86. The molecular weight excluding hydrogens is 194 g/mol. The van der Waals surface area contributed by atoms with E-state index in [1.165, 1.54) is 0 Å². The summed E-state index contributed by atoms with van der Waals surface area (Å²) in [6.45, 7) is 0.529. The summed E-state index contributed by atoms with van der Waals surface area (Å²) in [6, 6.07) is 1.63. The van der Waals surface area contributed by atoms with E-state index in [0.29, 0.717) is 24.4 Å². The molecule has 0 saturated carbocycles. The Bertz CT molecular complexity index is 381. The molecule has 0 spiro atoms. The number of carbonyl (C=O) groups excluding carboxylic acids is 1. The largest absolute Gasteiger partial charge is 0.494 e. The van der Waals surface area contributed by atoms with Crippen molar-refractivity contribution in [1.29, 1.82) is 0 Å². The number of hydrogen-bond acceptors (Lipinski definition) is 4. The molecular formula is C10H13N3O2. The number of nitrogens with zero attached hydrogens (tertiary/aromatic N) is 2. The van der Waals surface area contributed by atoms with E-state index < -0.39 is 0 Å². The van der Waals surface area contributed by atoms with Gasteiger partial charge in [0.1, 0.15) is 11.4 Å². The van der Waals surface area contributed by atoms with Gasteiger partial charge < -0.3 is 15.4 Å². The highest BCUT2D eigenvalue weighted by molar-refractivity contribution is 5.97. The smallest absolute Gasteiger partial charge is 0.228 e. The van der Waals surface area contributed by atoms with E-state index in [-0.39, 0.29) is 11.9 Å². The quantitative estimate of drug-likeness (QED) is 0.749. The van der Waals surface area contributed by atoms with Crippen LogP contribution in [0.15, 0.2) is 18.5 Å². The summed E-state index contributed by atoms with van der Waals surface area (Å²) in [4.78, 5) is 17.2. The maximum Gasteiger partial charge on any atom is 0.228 e. The summed E-state index contributed by atoms with van der Waals surface area (Å²) >= 11 is 0. The maximum absolute atomic E-state index is 11.6. The van der Waals surface area contributed by atoms with Crippen LogP contribution in [0, 0.1) is 0 Å². The third kappa shape index (κ3) is 1.78. The van der Waals surface area contributed by atoms with Gasteiger partial charge in [-0.25, -0.2) is 0 Å². The zero-order chi connectivity index (χ0) is 10.8. The number of anilines is 1. The predicted octanol–water partition coefficient (Wildman–Crippen LogP) is 0.154. The van der Waals surface area contributed by atoms with Gasteiger partial charge in [-0.2, -0.15) is 0 Å². The summed E-state index contributed by atoms with van der Waals surface area (Å²) in [7, 11) is 1.57. The predicted molar refractivity (Wildman–Crippen MR) is 55.7 cm³/mol. The van der Waals surface area contributed by atoms with Crippen LogP contribution < -0.4 is 15.4 Å². The lowest BCUT2D eigenvalue weighted by atomic mass is 10.3. The first kappa shape index (κ1) is 9.92. The van der Waals surface area contributed by atoms with Gasteiger partial charge in [0.25, 0.3) is 0 Å². The average molecular weight is 207 g/mol. The van der Waals surface area contributed by atoms with Gasteiger partial charge in [-0.05, 0) is 0 Å². The standard InChI is InChI=1S/C10H13N3O2/c1-15-9-2-3-12-5-8(9)13-6-7(11)4-10(13)14/h2-3,5,7H,4,6,11H2,1H3. The maximum atomic E-state index is 11.6. The fraction of sp³-hybridized carbons (Fsp3) is 0.400. The molecule has 1 atom stereocenters. The second-order valence-corrected chi connectivity index (χ2v) is 3.52. The number of pyridine rings is 1. The zero-order valence-electron chi connectivity index (χ0n) is 8.51. The summed E-state index contributed by atoms with van der Waals surface area (Å²) < 4.78 is 5.17. The van der Waals surface area contributed by atoms with Gasteiger partial charge in [-0.15, -0.1) is 0 Å². The van der Waals surface area contributed by atoms with Crippen LogP contribution in [0.3, 0.4) is 0 Å². The molecule has 0 aromatic carbocycles. The average Bonchev–Trinajstić information content (AvgIpc) is 2.57. The van der Waals surface area contributed by atoms with E-state index in [1.807, 2.05) is 0 Å². The van der Waals surface area contributed by atoms with Crippen molar-refractivity contribution in [3.05, 3.63) is 18.5 Å². The van der Waals surface area contributed by atoms with Crippen molar-refractivity contribution in [2.45, 2.75) is 12.5 Å². The van der Waals surface area contributed by atoms with Gasteiger partial charge in [0, 0.05) is 31.3 Å². The van der Waals surface area contributed by atoms with E-state index >= 15 is 0 Å². The molecule has 1 unspecified atom stereocenters. The second-order valence-electron chi connectivity index (χ2n) is 3.52. The molecule has 2 rings (SSSR count). The van der Waals surface area contributed by atoms with Crippen LogP contribution >= 0.6 is 0 Å². The fourth-order valence-corrected chi connectivity index (χ4v) is 1.72.